The number of tetrazole rings is 1. The van der Waals surface area contributed by atoms with E-state index in [0.29, 0.717) is 25.3 Å². The Hall–Kier alpha value is -3.91. The van der Waals surface area contributed by atoms with Crippen LogP contribution in [0.2, 0.25) is 0 Å². The van der Waals surface area contributed by atoms with Crippen LogP contribution in [0.25, 0.3) is 0 Å². The minimum absolute atomic E-state index is 0.106. The average Bonchev–Trinajstić information content (AvgIpc) is 3.54. The molecule has 1 unspecified atom stereocenters. The van der Waals surface area contributed by atoms with Crippen LogP contribution < -0.4 is 0 Å². The van der Waals surface area contributed by atoms with Gasteiger partial charge in [0.1, 0.15) is 0 Å². The van der Waals surface area contributed by atoms with Crippen molar-refractivity contribution in [1.82, 2.24) is 30.5 Å². The normalized spacial score (nSPS) is 17.0. The second-order valence-corrected chi connectivity index (χ2v) is 9.92. The summed E-state index contributed by atoms with van der Waals surface area (Å²) < 4.78 is 5.71. The molecule has 1 aliphatic rings. The Bertz CT molecular complexity index is 1230. The zero-order chi connectivity index (χ0) is 26.3. The molecule has 2 aromatic carbocycles. The molecular formula is C30H34N6O2. The van der Waals surface area contributed by atoms with Crippen molar-refractivity contribution in [2.75, 3.05) is 26.2 Å². The highest BCUT2D eigenvalue weighted by Gasteiger charge is 2.45. The quantitative estimate of drug-likeness (QED) is 0.318. The lowest BCUT2D eigenvalue weighted by Gasteiger charge is -2.41. The lowest BCUT2D eigenvalue weighted by molar-refractivity contribution is -0.153. The first-order valence-electron chi connectivity index (χ1n) is 13.3. The number of aromatic amines is 1. The number of carbonyl (C=O) groups excluding carboxylic acids is 1. The number of H-pyrrole nitrogens is 1. The molecule has 8 nitrogen and oxygen atoms in total. The van der Waals surface area contributed by atoms with Crippen LogP contribution in [-0.4, -0.2) is 62.7 Å². The number of carbonyl (C=O) groups is 1. The maximum absolute atomic E-state index is 13.4. The van der Waals surface area contributed by atoms with Gasteiger partial charge in [-0.15, -0.1) is 10.2 Å². The number of pyridine rings is 1. The minimum Gasteiger partial charge on any atom is -0.465 e. The van der Waals surface area contributed by atoms with Crippen LogP contribution in [0.4, 0.5) is 0 Å². The number of hydrogen-bond acceptors (Lipinski definition) is 7. The summed E-state index contributed by atoms with van der Waals surface area (Å²) >= 11 is 0. The standard InChI is InChI=1S/C30H34N6O2/c1-2-22-38-28(37)29(24-10-5-3-6-11-24)15-19-36(20-16-29)21-17-30(27-32-34-35-33-27,25-12-7-4-8-13-25)26-14-9-18-31-23-26/h3-14,18,23H,2,15-17,19-22H2,1H3,(H,32,33,34,35). The monoisotopic (exact) mass is 510 g/mol. The summed E-state index contributed by atoms with van der Waals surface area (Å²) in [6, 6.07) is 24.5. The third kappa shape index (κ3) is 4.96. The van der Waals surface area contributed by atoms with Gasteiger partial charge in [-0.2, -0.15) is 5.21 Å². The number of likely N-dealkylation sites (tertiary alicyclic amines) is 1. The van der Waals surface area contributed by atoms with E-state index in [0.717, 1.165) is 49.2 Å². The number of rotatable bonds is 10. The van der Waals surface area contributed by atoms with E-state index >= 15 is 0 Å². The number of aromatic nitrogens is 5. The molecule has 0 aliphatic carbocycles. The molecule has 8 heteroatoms. The van der Waals surface area contributed by atoms with Gasteiger partial charge in [-0.1, -0.05) is 78.9 Å². The van der Waals surface area contributed by atoms with Gasteiger partial charge in [0.25, 0.3) is 0 Å². The number of esters is 1. The van der Waals surface area contributed by atoms with E-state index in [4.69, 9.17) is 4.74 Å². The Labute approximate surface area is 223 Å². The molecule has 0 spiro atoms. The van der Waals surface area contributed by atoms with Crippen LogP contribution in [0.5, 0.6) is 0 Å². The van der Waals surface area contributed by atoms with Crippen molar-refractivity contribution >= 4 is 5.97 Å². The summed E-state index contributed by atoms with van der Waals surface area (Å²) in [5.74, 6) is 0.515. The molecule has 1 aliphatic heterocycles. The third-order valence-electron chi connectivity index (χ3n) is 7.82. The van der Waals surface area contributed by atoms with Crippen molar-refractivity contribution in [2.24, 2.45) is 0 Å². The zero-order valence-corrected chi connectivity index (χ0v) is 21.8. The topological polar surface area (TPSA) is 96.9 Å². The van der Waals surface area contributed by atoms with Gasteiger partial charge in [0, 0.05) is 12.4 Å². The number of nitrogens with one attached hydrogen (secondary N) is 1. The fourth-order valence-electron chi connectivity index (χ4n) is 5.69. The molecule has 5 rings (SSSR count). The van der Waals surface area contributed by atoms with E-state index < -0.39 is 10.8 Å². The van der Waals surface area contributed by atoms with Gasteiger partial charge in [-0.3, -0.25) is 9.78 Å². The molecule has 4 aromatic rings. The first kappa shape index (κ1) is 25.7. The van der Waals surface area contributed by atoms with Crippen LogP contribution in [0.1, 0.15) is 55.1 Å². The second kappa shape index (κ2) is 11.6. The van der Waals surface area contributed by atoms with E-state index in [1.807, 2.05) is 55.6 Å². The first-order chi connectivity index (χ1) is 18.7. The van der Waals surface area contributed by atoms with E-state index in [1.165, 1.54) is 0 Å². The molecule has 1 saturated heterocycles. The molecule has 0 radical (unpaired) electrons. The third-order valence-corrected chi connectivity index (χ3v) is 7.82. The predicted octanol–water partition coefficient (Wildman–Crippen LogP) is 4.31. The van der Waals surface area contributed by atoms with Gasteiger partial charge >= 0.3 is 5.97 Å². The fourth-order valence-corrected chi connectivity index (χ4v) is 5.69. The Morgan fingerprint density at radius 3 is 2.34 bits per heavy atom. The van der Waals surface area contributed by atoms with Crippen LogP contribution >= 0.6 is 0 Å². The highest BCUT2D eigenvalue weighted by molar-refractivity contribution is 5.83. The maximum atomic E-state index is 13.4. The molecule has 196 valence electrons. The SMILES string of the molecule is CCCOC(=O)C1(c2ccccc2)CCN(CCC(c2ccccc2)(c2cccnc2)c2nn[nH]n2)CC1. The van der Waals surface area contributed by atoms with E-state index in [-0.39, 0.29) is 5.97 Å². The average molecular weight is 511 g/mol. The Kier molecular flexibility index (Phi) is 7.89. The summed E-state index contributed by atoms with van der Waals surface area (Å²) in [5, 5.41) is 15.5. The van der Waals surface area contributed by atoms with Crippen molar-refractivity contribution in [3.63, 3.8) is 0 Å². The molecule has 0 saturated carbocycles. The molecule has 2 aromatic heterocycles. The van der Waals surface area contributed by atoms with Crippen LogP contribution in [0, 0.1) is 0 Å². The summed E-state index contributed by atoms with van der Waals surface area (Å²) in [6.45, 7) is 4.86. The van der Waals surface area contributed by atoms with Gasteiger partial charge in [0.2, 0.25) is 0 Å². The number of piperidine rings is 1. The number of ether oxygens (including phenoxy) is 1. The Morgan fingerprint density at radius 1 is 1.00 bits per heavy atom. The summed E-state index contributed by atoms with van der Waals surface area (Å²) in [4.78, 5) is 20.2. The first-order valence-corrected chi connectivity index (χ1v) is 13.3. The predicted molar refractivity (Wildman–Crippen MR) is 144 cm³/mol. The van der Waals surface area contributed by atoms with Crippen LogP contribution in [0.15, 0.2) is 85.2 Å². The smallest absolute Gasteiger partial charge is 0.316 e. The molecule has 0 amide bonds. The molecule has 38 heavy (non-hydrogen) atoms. The van der Waals surface area contributed by atoms with Gasteiger partial charge in [-0.25, -0.2) is 0 Å². The molecule has 1 N–H and O–H groups in total. The Balaban J connectivity index is 1.41. The highest BCUT2D eigenvalue weighted by Crippen LogP contribution is 2.41. The Morgan fingerprint density at radius 2 is 1.71 bits per heavy atom. The zero-order valence-electron chi connectivity index (χ0n) is 21.8. The molecule has 1 fully saturated rings. The summed E-state index contributed by atoms with van der Waals surface area (Å²) in [6.07, 6.45) is 6.65. The molecule has 3 heterocycles. The fraction of sp³-hybridized carbons (Fsp3) is 0.367. The van der Waals surface area contributed by atoms with Gasteiger partial charge in [-0.05, 0) is 68.1 Å². The van der Waals surface area contributed by atoms with Gasteiger partial charge in [0.15, 0.2) is 5.82 Å². The van der Waals surface area contributed by atoms with Crippen LogP contribution in [-0.2, 0) is 20.4 Å². The van der Waals surface area contributed by atoms with Crippen molar-refractivity contribution in [2.45, 2.75) is 43.4 Å². The van der Waals surface area contributed by atoms with E-state index in [1.54, 1.807) is 6.20 Å². The van der Waals surface area contributed by atoms with Crippen molar-refractivity contribution in [3.05, 3.63) is 108 Å². The maximum Gasteiger partial charge on any atom is 0.316 e. The minimum atomic E-state index is -0.615. The summed E-state index contributed by atoms with van der Waals surface area (Å²) in [5.41, 5.74) is 1.93. The lowest BCUT2D eigenvalue weighted by Crippen LogP contribution is -2.49. The molecule has 0 bridgehead atoms. The van der Waals surface area contributed by atoms with Crippen molar-refractivity contribution in [3.8, 4) is 0 Å². The van der Waals surface area contributed by atoms with Gasteiger partial charge in [0.05, 0.1) is 17.4 Å². The number of hydrogen-bond donors (Lipinski definition) is 1. The van der Waals surface area contributed by atoms with Crippen LogP contribution in [0.3, 0.4) is 0 Å². The molecular weight excluding hydrogens is 476 g/mol. The summed E-state index contributed by atoms with van der Waals surface area (Å²) in [7, 11) is 0. The highest BCUT2D eigenvalue weighted by atomic mass is 16.5. The van der Waals surface area contributed by atoms with E-state index in [2.05, 4.69) is 60.8 Å². The number of benzene rings is 2. The van der Waals surface area contributed by atoms with Crippen molar-refractivity contribution < 1.29 is 9.53 Å². The van der Waals surface area contributed by atoms with E-state index in [9.17, 15) is 4.79 Å². The van der Waals surface area contributed by atoms with Crippen molar-refractivity contribution in [1.29, 1.82) is 0 Å². The van der Waals surface area contributed by atoms with Gasteiger partial charge < -0.3 is 9.64 Å². The lowest BCUT2D eigenvalue weighted by atomic mass is 9.70. The molecule has 1 atom stereocenters. The number of nitrogens with zero attached hydrogens (tertiary/aromatic N) is 5. The second-order valence-electron chi connectivity index (χ2n) is 9.92. The largest absolute Gasteiger partial charge is 0.465 e.